The maximum absolute atomic E-state index is 6.02. The summed E-state index contributed by atoms with van der Waals surface area (Å²) in [6.07, 6.45) is 2.29. The number of methoxy groups -OCH3 is 1. The first-order valence-electron chi connectivity index (χ1n) is 7.17. The van der Waals surface area contributed by atoms with Crippen molar-refractivity contribution >= 4 is 0 Å². The van der Waals surface area contributed by atoms with E-state index in [0.29, 0.717) is 6.04 Å². The summed E-state index contributed by atoms with van der Waals surface area (Å²) >= 11 is 0. The maximum Gasteiger partial charge on any atom is 0.124 e. The molecule has 108 valence electrons. The van der Waals surface area contributed by atoms with Gasteiger partial charge >= 0.3 is 0 Å². The van der Waals surface area contributed by atoms with Crippen molar-refractivity contribution in [2.75, 3.05) is 20.3 Å². The number of ether oxygens (including phenoxy) is 2. The number of hydrogen-bond donors (Lipinski definition) is 1. The van der Waals surface area contributed by atoms with Crippen LogP contribution in [0.4, 0.5) is 0 Å². The van der Waals surface area contributed by atoms with Gasteiger partial charge in [0.1, 0.15) is 5.75 Å². The Morgan fingerprint density at radius 1 is 1.21 bits per heavy atom. The smallest absolute Gasteiger partial charge is 0.124 e. The van der Waals surface area contributed by atoms with Gasteiger partial charge in [-0.2, -0.15) is 0 Å². The summed E-state index contributed by atoms with van der Waals surface area (Å²) in [6, 6.07) is 8.54. The van der Waals surface area contributed by atoms with Crippen LogP contribution >= 0.6 is 0 Å². The summed E-state index contributed by atoms with van der Waals surface area (Å²) in [4.78, 5) is 0. The molecule has 1 atom stereocenters. The summed E-state index contributed by atoms with van der Waals surface area (Å²) < 4.78 is 11.5. The average Bonchev–Trinajstić information content (AvgIpc) is 2.42. The lowest BCUT2D eigenvalue weighted by Crippen LogP contribution is -2.29. The second-order valence-electron chi connectivity index (χ2n) is 5.02. The first kappa shape index (κ1) is 16.0. The minimum Gasteiger partial charge on any atom is -0.496 e. The largest absolute Gasteiger partial charge is 0.496 e. The highest BCUT2D eigenvalue weighted by Gasteiger charge is 2.16. The second kappa shape index (κ2) is 8.94. The maximum atomic E-state index is 6.02. The topological polar surface area (TPSA) is 30.5 Å². The normalized spacial score (nSPS) is 12.7. The van der Waals surface area contributed by atoms with Gasteiger partial charge in [-0.05, 0) is 12.5 Å². The second-order valence-corrected chi connectivity index (χ2v) is 5.02. The molecule has 0 spiro atoms. The van der Waals surface area contributed by atoms with E-state index < -0.39 is 0 Å². The number of para-hydroxylation sites is 1. The Labute approximate surface area is 117 Å². The molecule has 1 aromatic rings. The molecule has 1 rings (SSSR count). The Hall–Kier alpha value is -1.06. The molecule has 0 radical (unpaired) electrons. The van der Waals surface area contributed by atoms with Crippen molar-refractivity contribution in [3.63, 3.8) is 0 Å². The van der Waals surface area contributed by atoms with Gasteiger partial charge in [-0.1, -0.05) is 45.4 Å². The molecule has 0 heterocycles. The lowest BCUT2D eigenvalue weighted by molar-refractivity contribution is 0.0478. The fraction of sp³-hybridized carbons (Fsp3) is 0.625. The fourth-order valence-corrected chi connectivity index (χ4v) is 1.90. The number of unbranched alkanes of at least 4 members (excludes halogenated alkanes) is 1. The van der Waals surface area contributed by atoms with Crippen LogP contribution in [0.25, 0.3) is 0 Å². The third-order valence-corrected chi connectivity index (χ3v) is 3.01. The zero-order chi connectivity index (χ0) is 14.1. The van der Waals surface area contributed by atoms with Gasteiger partial charge in [-0.3, -0.25) is 0 Å². The Kier molecular flexibility index (Phi) is 7.53. The molecular formula is C16H27NO2. The standard InChI is InChI=1S/C16H27NO2/c1-5-6-11-19-16(12-17-13(2)3)14-9-7-8-10-15(14)18-4/h7-10,13,16-17H,5-6,11-12H2,1-4H3. The van der Waals surface area contributed by atoms with Crippen LogP contribution in [0.3, 0.4) is 0 Å². The summed E-state index contributed by atoms with van der Waals surface area (Å²) in [6.45, 7) is 8.06. The SMILES string of the molecule is CCCCOC(CNC(C)C)c1ccccc1OC. The van der Waals surface area contributed by atoms with Gasteiger partial charge < -0.3 is 14.8 Å². The van der Waals surface area contributed by atoms with E-state index in [9.17, 15) is 0 Å². The molecule has 3 heteroatoms. The van der Waals surface area contributed by atoms with E-state index in [4.69, 9.17) is 9.47 Å². The van der Waals surface area contributed by atoms with E-state index in [1.54, 1.807) is 7.11 Å². The van der Waals surface area contributed by atoms with E-state index >= 15 is 0 Å². The van der Waals surface area contributed by atoms with E-state index in [0.717, 1.165) is 37.3 Å². The molecule has 19 heavy (non-hydrogen) atoms. The first-order valence-corrected chi connectivity index (χ1v) is 7.17. The van der Waals surface area contributed by atoms with Crippen LogP contribution in [-0.4, -0.2) is 26.3 Å². The minimum absolute atomic E-state index is 0.0464. The highest BCUT2D eigenvalue weighted by atomic mass is 16.5. The van der Waals surface area contributed by atoms with E-state index in [2.05, 4.69) is 32.2 Å². The third kappa shape index (κ3) is 5.62. The summed E-state index contributed by atoms with van der Waals surface area (Å²) in [7, 11) is 1.71. The molecule has 0 aliphatic rings. The van der Waals surface area contributed by atoms with Crippen molar-refractivity contribution in [3.05, 3.63) is 29.8 Å². The van der Waals surface area contributed by atoms with E-state index in [-0.39, 0.29) is 6.10 Å². The lowest BCUT2D eigenvalue weighted by atomic mass is 10.1. The van der Waals surface area contributed by atoms with Gasteiger partial charge in [0.15, 0.2) is 0 Å². The molecule has 1 unspecified atom stereocenters. The van der Waals surface area contributed by atoms with Crippen LogP contribution in [0.2, 0.25) is 0 Å². The zero-order valence-corrected chi connectivity index (χ0v) is 12.6. The van der Waals surface area contributed by atoms with Crippen molar-refractivity contribution in [1.29, 1.82) is 0 Å². The van der Waals surface area contributed by atoms with Gasteiger partial charge in [-0.15, -0.1) is 0 Å². The summed E-state index contributed by atoms with van der Waals surface area (Å²) in [5.41, 5.74) is 1.12. The van der Waals surface area contributed by atoms with Crippen LogP contribution < -0.4 is 10.1 Å². The predicted octanol–water partition coefficient (Wildman–Crippen LogP) is 3.55. The molecule has 0 fully saturated rings. The number of benzene rings is 1. The molecule has 0 saturated carbocycles. The Balaban J connectivity index is 2.75. The molecule has 1 aromatic carbocycles. The van der Waals surface area contributed by atoms with Crippen molar-refractivity contribution in [3.8, 4) is 5.75 Å². The fourth-order valence-electron chi connectivity index (χ4n) is 1.90. The van der Waals surface area contributed by atoms with Gasteiger partial charge in [0, 0.05) is 24.8 Å². The van der Waals surface area contributed by atoms with Crippen molar-refractivity contribution < 1.29 is 9.47 Å². The summed E-state index contributed by atoms with van der Waals surface area (Å²) in [5.74, 6) is 0.898. The van der Waals surface area contributed by atoms with E-state index in [1.807, 2.05) is 18.2 Å². The van der Waals surface area contributed by atoms with Gasteiger partial charge in [-0.25, -0.2) is 0 Å². The summed E-state index contributed by atoms with van der Waals surface area (Å²) in [5, 5.41) is 3.44. The monoisotopic (exact) mass is 265 g/mol. The first-order chi connectivity index (χ1) is 9.19. The minimum atomic E-state index is 0.0464. The molecular weight excluding hydrogens is 238 g/mol. The highest BCUT2D eigenvalue weighted by Crippen LogP contribution is 2.27. The van der Waals surface area contributed by atoms with Crippen molar-refractivity contribution in [1.82, 2.24) is 5.32 Å². The zero-order valence-electron chi connectivity index (χ0n) is 12.6. The highest BCUT2D eigenvalue weighted by molar-refractivity contribution is 5.35. The van der Waals surface area contributed by atoms with Gasteiger partial charge in [0.25, 0.3) is 0 Å². The number of hydrogen-bond acceptors (Lipinski definition) is 3. The van der Waals surface area contributed by atoms with Crippen LogP contribution in [0.1, 0.15) is 45.3 Å². The van der Waals surface area contributed by atoms with Gasteiger partial charge in [0.05, 0.1) is 13.2 Å². The van der Waals surface area contributed by atoms with Crippen molar-refractivity contribution in [2.45, 2.75) is 45.8 Å². The average molecular weight is 265 g/mol. The van der Waals surface area contributed by atoms with Crippen LogP contribution in [0.15, 0.2) is 24.3 Å². The number of nitrogens with one attached hydrogen (secondary N) is 1. The Bertz CT molecular complexity index is 352. The molecule has 0 bridgehead atoms. The van der Waals surface area contributed by atoms with Crippen LogP contribution in [-0.2, 0) is 4.74 Å². The van der Waals surface area contributed by atoms with Gasteiger partial charge in [0.2, 0.25) is 0 Å². The quantitative estimate of drug-likeness (QED) is 0.693. The van der Waals surface area contributed by atoms with Crippen molar-refractivity contribution in [2.24, 2.45) is 0 Å². The molecule has 0 aliphatic carbocycles. The van der Waals surface area contributed by atoms with E-state index in [1.165, 1.54) is 0 Å². The Morgan fingerprint density at radius 3 is 2.58 bits per heavy atom. The molecule has 0 saturated heterocycles. The third-order valence-electron chi connectivity index (χ3n) is 3.01. The molecule has 1 N–H and O–H groups in total. The molecule has 0 amide bonds. The predicted molar refractivity (Wildman–Crippen MR) is 79.7 cm³/mol. The Morgan fingerprint density at radius 2 is 1.95 bits per heavy atom. The molecule has 3 nitrogen and oxygen atoms in total. The number of rotatable bonds is 9. The van der Waals surface area contributed by atoms with Crippen LogP contribution in [0, 0.1) is 0 Å². The molecule has 0 aliphatic heterocycles. The van der Waals surface area contributed by atoms with Crippen LogP contribution in [0.5, 0.6) is 5.75 Å². The molecule has 0 aromatic heterocycles. The lowest BCUT2D eigenvalue weighted by Gasteiger charge is -2.22.